The maximum atomic E-state index is 12.4. The van der Waals surface area contributed by atoms with E-state index in [1.165, 1.54) is 5.01 Å². The average Bonchev–Trinajstić information content (AvgIpc) is 3.09. The first kappa shape index (κ1) is 18.7. The van der Waals surface area contributed by atoms with Crippen LogP contribution in [0.15, 0.2) is 5.38 Å². The van der Waals surface area contributed by atoms with E-state index in [1.54, 1.807) is 11.3 Å². The average molecular weight is 352 g/mol. The molecule has 0 radical (unpaired) electrons. The maximum absolute atomic E-state index is 12.4. The van der Waals surface area contributed by atoms with E-state index in [9.17, 15) is 4.79 Å². The van der Waals surface area contributed by atoms with Gasteiger partial charge in [-0.15, -0.1) is 36.2 Å². The molecule has 3 heterocycles. The molecule has 4 nitrogen and oxygen atoms in total. The van der Waals surface area contributed by atoms with Crippen molar-refractivity contribution in [2.45, 2.75) is 44.6 Å². The van der Waals surface area contributed by atoms with E-state index in [0.717, 1.165) is 51.0 Å². The van der Waals surface area contributed by atoms with Gasteiger partial charge in [0.05, 0.1) is 11.0 Å². The van der Waals surface area contributed by atoms with Gasteiger partial charge in [-0.1, -0.05) is 0 Å². The molecule has 120 valence electrons. The third kappa shape index (κ3) is 4.31. The zero-order valence-corrected chi connectivity index (χ0v) is 14.7. The SMILES string of the molecule is Cc1csc(C2CCCN(C(=O)C3CCCN3)C2)n1.Cl.Cl. The fraction of sp³-hybridized carbons (Fsp3) is 0.714. The molecule has 7 heteroatoms. The van der Waals surface area contributed by atoms with Crippen molar-refractivity contribution >= 4 is 42.1 Å². The molecule has 0 aliphatic carbocycles. The van der Waals surface area contributed by atoms with Crippen LogP contribution in [0.5, 0.6) is 0 Å². The Morgan fingerprint density at radius 1 is 1.38 bits per heavy atom. The molecule has 0 spiro atoms. The number of aryl methyl sites for hydroxylation is 1. The molecule has 2 fully saturated rings. The fourth-order valence-electron chi connectivity index (χ4n) is 3.05. The number of thiazole rings is 1. The van der Waals surface area contributed by atoms with Crippen LogP contribution in [0.1, 0.15) is 42.3 Å². The molecule has 1 aromatic rings. The molecule has 2 unspecified atom stereocenters. The van der Waals surface area contributed by atoms with Crippen LogP contribution >= 0.6 is 36.2 Å². The highest BCUT2D eigenvalue weighted by atomic mass is 35.5. The summed E-state index contributed by atoms with van der Waals surface area (Å²) in [4.78, 5) is 19.1. The maximum Gasteiger partial charge on any atom is 0.239 e. The minimum absolute atomic E-state index is 0. The topological polar surface area (TPSA) is 45.2 Å². The van der Waals surface area contributed by atoms with Crippen LogP contribution in [0, 0.1) is 6.92 Å². The summed E-state index contributed by atoms with van der Waals surface area (Å²) in [6.45, 7) is 4.79. The number of rotatable bonds is 2. The van der Waals surface area contributed by atoms with Crippen molar-refractivity contribution in [1.82, 2.24) is 15.2 Å². The third-order valence-corrected chi connectivity index (χ3v) is 5.20. The number of halogens is 2. The van der Waals surface area contributed by atoms with Crippen molar-refractivity contribution in [3.05, 3.63) is 16.1 Å². The van der Waals surface area contributed by atoms with Crippen LogP contribution in [0.4, 0.5) is 0 Å². The number of carbonyl (C=O) groups is 1. The van der Waals surface area contributed by atoms with E-state index >= 15 is 0 Å². The van der Waals surface area contributed by atoms with Gasteiger partial charge in [0.2, 0.25) is 5.91 Å². The van der Waals surface area contributed by atoms with E-state index in [2.05, 4.69) is 15.7 Å². The van der Waals surface area contributed by atoms with E-state index in [4.69, 9.17) is 0 Å². The highest BCUT2D eigenvalue weighted by molar-refractivity contribution is 7.09. The molecular formula is C14H23Cl2N3OS. The summed E-state index contributed by atoms with van der Waals surface area (Å²) in [5, 5.41) is 6.62. The Morgan fingerprint density at radius 2 is 2.19 bits per heavy atom. The Hall–Kier alpha value is -0.360. The van der Waals surface area contributed by atoms with Gasteiger partial charge in [0.25, 0.3) is 0 Å². The molecule has 0 saturated carbocycles. The zero-order valence-electron chi connectivity index (χ0n) is 12.2. The number of likely N-dealkylation sites (tertiary alicyclic amines) is 1. The van der Waals surface area contributed by atoms with Crippen molar-refractivity contribution in [1.29, 1.82) is 0 Å². The highest BCUT2D eigenvalue weighted by Gasteiger charge is 2.31. The Kier molecular flexibility index (Phi) is 7.40. The van der Waals surface area contributed by atoms with Crippen molar-refractivity contribution < 1.29 is 4.79 Å². The highest BCUT2D eigenvalue weighted by Crippen LogP contribution is 2.29. The lowest BCUT2D eigenvalue weighted by Crippen LogP contribution is -2.47. The summed E-state index contributed by atoms with van der Waals surface area (Å²) < 4.78 is 0. The minimum atomic E-state index is 0. The van der Waals surface area contributed by atoms with Crippen LogP contribution in [-0.4, -0.2) is 41.5 Å². The van der Waals surface area contributed by atoms with Gasteiger partial charge in [-0.2, -0.15) is 0 Å². The number of amides is 1. The summed E-state index contributed by atoms with van der Waals surface area (Å²) in [5.74, 6) is 0.744. The van der Waals surface area contributed by atoms with E-state index < -0.39 is 0 Å². The first-order valence-corrected chi connectivity index (χ1v) is 8.06. The zero-order chi connectivity index (χ0) is 13.2. The van der Waals surface area contributed by atoms with Gasteiger partial charge in [0.15, 0.2) is 0 Å². The van der Waals surface area contributed by atoms with Crippen molar-refractivity contribution in [2.75, 3.05) is 19.6 Å². The first-order chi connectivity index (χ1) is 9.24. The van der Waals surface area contributed by atoms with Crippen LogP contribution < -0.4 is 5.32 Å². The standard InChI is InChI=1S/C14H21N3OS.2ClH/c1-10-9-19-13(16-10)11-4-3-7-17(8-11)14(18)12-5-2-6-15-12;;/h9,11-12,15H,2-8H2,1H3;2*1H. The second-order valence-electron chi connectivity index (χ2n) is 5.60. The summed E-state index contributed by atoms with van der Waals surface area (Å²) in [7, 11) is 0. The van der Waals surface area contributed by atoms with Crippen LogP contribution in [0.2, 0.25) is 0 Å². The summed E-state index contributed by atoms with van der Waals surface area (Å²) >= 11 is 1.74. The molecule has 1 aromatic heterocycles. The van der Waals surface area contributed by atoms with Crippen molar-refractivity contribution in [3.8, 4) is 0 Å². The quantitative estimate of drug-likeness (QED) is 0.890. The number of hydrogen-bond acceptors (Lipinski definition) is 4. The molecule has 2 aliphatic heterocycles. The number of hydrogen-bond donors (Lipinski definition) is 1. The number of nitrogens with one attached hydrogen (secondary N) is 1. The predicted molar refractivity (Wildman–Crippen MR) is 90.9 cm³/mol. The third-order valence-electron chi connectivity index (χ3n) is 4.08. The van der Waals surface area contributed by atoms with Gasteiger partial charge < -0.3 is 10.2 Å². The van der Waals surface area contributed by atoms with Gasteiger partial charge >= 0.3 is 0 Å². The Bertz CT molecular complexity index is 463. The fourth-order valence-corrected chi connectivity index (χ4v) is 3.98. The molecule has 2 saturated heterocycles. The van der Waals surface area contributed by atoms with Crippen molar-refractivity contribution in [2.24, 2.45) is 0 Å². The monoisotopic (exact) mass is 351 g/mol. The normalized spacial score (nSPS) is 25.1. The van der Waals surface area contributed by atoms with Gasteiger partial charge in [-0.3, -0.25) is 4.79 Å². The lowest BCUT2D eigenvalue weighted by Gasteiger charge is -2.33. The Morgan fingerprint density at radius 3 is 2.81 bits per heavy atom. The van der Waals surface area contributed by atoms with Gasteiger partial charge in [0.1, 0.15) is 0 Å². The number of nitrogens with zero attached hydrogens (tertiary/aromatic N) is 2. The molecule has 2 aliphatic rings. The van der Waals surface area contributed by atoms with E-state index in [-0.39, 0.29) is 30.9 Å². The smallest absolute Gasteiger partial charge is 0.239 e. The van der Waals surface area contributed by atoms with E-state index in [1.807, 2.05) is 11.8 Å². The molecule has 0 aromatic carbocycles. The van der Waals surface area contributed by atoms with Gasteiger partial charge in [-0.25, -0.2) is 4.98 Å². The Labute approximate surface area is 142 Å². The molecule has 0 bridgehead atoms. The predicted octanol–water partition coefficient (Wildman–Crippen LogP) is 2.75. The lowest BCUT2D eigenvalue weighted by molar-refractivity contribution is -0.134. The molecular weight excluding hydrogens is 329 g/mol. The van der Waals surface area contributed by atoms with Crippen LogP contribution in [-0.2, 0) is 4.79 Å². The molecule has 3 rings (SSSR count). The second kappa shape index (κ2) is 8.32. The molecule has 2 atom stereocenters. The summed E-state index contributed by atoms with van der Waals surface area (Å²) in [6.07, 6.45) is 4.38. The lowest BCUT2D eigenvalue weighted by atomic mass is 9.98. The Balaban J connectivity index is 0.00000110. The van der Waals surface area contributed by atoms with Crippen molar-refractivity contribution in [3.63, 3.8) is 0 Å². The second-order valence-corrected chi connectivity index (χ2v) is 6.49. The van der Waals surface area contributed by atoms with Crippen LogP contribution in [0.25, 0.3) is 0 Å². The first-order valence-electron chi connectivity index (χ1n) is 7.18. The van der Waals surface area contributed by atoms with Crippen LogP contribution in [0.3, 0.4) is 0 Å². The molecule has 21 heavy (non-hydrogen) atoms. The summed E-state index contributed by atoms with van der Waals surface area (Å²) in [6, 6.07) is 0.0665. The molecule has 1 N–H and O–H groups in total. The molecule has 1 amide bonds. The van der Waals surface area contributed by atoms with E-state index in [0.29, 0.717) is 11.8 Å². The number of carbonyl (C=O) groups excluding carboxylic acids is 1. The minimum Gasteiger partial charge on any atom is -0.341 e. The summed E-state index contributed by atoms with van der Waals surface area (Å²) in [5.41, 5.74) is 1.10. The number of aromatic nitrogens is 1. The van der Waals surface area contributed by atoms with Gasteiger partial charge in [0, 0.05) is 30.1 Å². The largest absolute Gasteiger partial charge is 0.341 e. The number of piperidine rings is 1. The van der Waals surface area contributed by atoms with Gasteiger partial charge in [-0.05, 0) is 39.2 Å².